The number of amides is 1. The van der Waals surface area contributed by atoms with Crippen molar-refractivity contribution in [3.8, 4) is 0 Å². The van der Waals surface area contributed by atoms with Gasteiger partial charge in [-0.25, -0.2) is 0 Å². The van der Waals surface area contributed by atoms with Crippen LogP contribution >= 0.6 is 11.6 Å². The molecule has 3 aliphatic carbocycles. The highest BCUT2D eigenvalue weighted by atomic mass is 35.5. The first kappa shape index (κ1) is 16.4. The van der Waals surface area contributed by atoms with E-state index in [4.69, 9.17) is 11.6 Å². The van der Waals surface area contributed by atoms with E-state index >= 15 is 0 Å². The first-order valence-corrected chi connectivity index (χ1v) is 10.3. The largest absolute Gasteiger partial charge is 0.332 e. The highest BCUT2D eigenvalue weighted by Crippen LogP contribution is 2.53. The lowest BCUT2D eigenvalue weighted by atomic mass is 9.86. The van der Waals surface area contributed by atoms with Crippen LogP contribution in [0.15, 0.2) is 48.5 Å². The number of aryl methyl sites for hydroxylation is 1. The van der Waals surface area contributed by atoms with E-state index in [9.17, 15) is 4.79 Å². The van der Waals surface area contributed by atoms with Gasteiger partial charge in [0, 0.05) is 17.0 Å². The van der Waals surface area contributed by atoms with E-state index in [1.165, 1.54) is 17.5 Å². The smallest absolute Gasteiger partial charge is 0.227 e. The average Bonchev–Trinajstić information content (AvgIpc) is 3.57. The minimum Gasteiger partial charge on any atom is -0.332 e. The van der Waals surface area contributed by atoms with Gasteiger partial charge in [-0.1, -0.05) is 54.1 Å². The van der Waals surface area contributed by atoms with Crippen molar-refractivity contribution in [2.45, 2.75) is 56.5 Å². The summed E-state index contributed by atoms with van der Waals surface area (Å²) in [5, 5.41) is 0.800. The number of carbonyl (C=O) groups excluding carboxylic acids is 1. The SMILES string of the molecule is O=C(C1CC1c1ccccc1Cl)N(C1CC1)C1CCCc2ccccc21. The summed E-state index contributed by atoms with van der Waals surface area (Å²) in [7, 11) is 0. The molecule has 0 heterocycles. The lowest BCUT2D eigenvalue weighted by Crippen LogP contribution is -2.39. The van der Waals surface area contributed by atoms with Crippen LogP contribution in [0.4, 0.5) is 0 Å². The summed E-state index contributed by atoms with van der Waals surface area (Å²) in [6, 6.07) is 17.4. The molecule has 2 aromatic rings. The maximum atomic E-state index is 13.5. The first-order valence-electron chi connectivity index (χ1n) is 9.88. The van der Waals surface area contributed by atoms with Gasteiger partial charge in [0.25, 0.3) is 0 Å². The second-order valence-electron chi connectivity index (χ2n) is 8.05. The van der Waals surface area contributed by atoms with Gasteiger partial charge in [-0.05, 0) is 67.2 Å². The van der Waals surface area contributed by atoms with Gasteiger partial charge >= 0.3 is 0 Å². The van der Waals surface area contributed by atoms with E-state index in [-0.39, 0.29) is 12.0 Å². The molecule has 1 amide bonds. The van der Waals surface area contributed by atoms with Crippen LogP contribution in [0.1, 0.15) is 60.8 Å². The van der Waals surface area contributed by atoms with Crippen molar-refractivity contribution in [1.82, 2.24) is 4.90 Å². The molecule has 2 nitrogen and oxygen atoms in total. The minimum absolute atomic E-state index is 0.115. The van der Waals surface area contributed by atoms with Crippen LogP contribution in [0.2, 0.25) is 5.02 Å². The summed E-state index contributed by atoms with van der Waals surface area (Å²) in [6.07, 6.45) is 6.69. The van der Waals surface area contributed by atoms with Gasteiger partial charge in [0.15, 0.2) is 0 Å². The third-order valence-electron chi connectivity index (χ3n) is 6.28. The highest BCUT2D eigenvalue weighted by molar-refractivity contribution is 6.31. The summed E-state index contributed by atoms with van der Waals surface area (Å²) in [5.41, 5.74) is 3.96. The van der Waals surface area contributed by atoms with Gasteiger partial charge in [0.1, 0.15) is 0 Å². The normalized spacial score (nSPS) is 26.9. The molecule has 26 heavy (non-hydrogen) atoms. The van der Waals surface area contributed by atoms with E-state index in [0.717, 1.165) is 42.7 Å². The maximum Gasteiger partial charge on any atom is 0.227 e. The van der Waals surface area contributed by atoms with Gasteiger partial charge < -0.3 is 4.90 Å². The molecule has 0 aromatic heterocycles. The van der Waals surface area contributed by atoms with Crippen molar-refractivity contribution in [1.29, 1.82) is 0 Å². The topological polar surface area (TPSA) is 20.3 Å². The molecule has 0 aliphatic heterocycles. The molecule has 134 valence electrons. The number of nitrogens with zero attached hydrogens (tertiary/aromatic N) is 1. The molecule has 0 radical (unpaired) electrons. The molecular formula is C23H24ClNO. The van der Waals surface area contributed by atoms with E-state index < -0.39 is 0 Å². The van der Waals surface area contributed by atoms with Crippen molar-refractivity contribution >= 4 is 17.5 Å². The molecule has 0 saturated heterocycles. The fourth-order valence-corrected chi connectivity index (χ4v) is 5.01. The molecule has 2 fully saturated rings. The lowest BCUT2D eigenvalue weighted by Gasteiger charge is -2.36. The summed E-state index contributed by atoms with van der Waals surface area (Å²) < 4.78 is 0. The van der Waals surface area contributed by atoms with Crippen molar-refractivity contribution in [3.05, 3.63) is 70.2 Å². The molecule has 3 heteroatoms. The van der Waals surface area contributed by atoms with Crippen LogP contribution < -0.4 is 0 Å². The molecule has 3 unspecified atom stereocenters. The van der Waals surface area contributed by atoms with Crippen LogP contribution in [0, 0.1) is 5.92 Å². The second-order valence-corrected chi connectivity index (χ2v) is 8.46. The van der Waals surface area contributed by atoms with E-state index in [1.807, 2.05) is 18.2 Å². The maximum absolute atomic E-state index is 13.5. The zero-order valence-electron chi connectivity index (χ0n) is 14.9. The molecule has 0 spiro atoms. The number of halogens is 1. The Hall–Kier alpha value is -1.80. The Balaban J connectivity index is 1.41. The quantitative estimate of drug-likeness (QED) is 0.699. The van der Waals surface area contributed by atoms with Crippen molar-refractivity contribution in [2.75, 3.05) is 0 Å². The Bertz CT molecular complexity index is 844. The van der Waals surface area contributed by atoms with E-state index in [2.05, 4.69) is 35.2 Å². The standard InChI is InChI=1S/C23H24ClNO/c24-21-10-4-3-9-18(21)19-14-20(19)23(26)25(16-12-13-16)22-11-5-7-15-6-1-2-8-17(15)22/h1-4,6,8-10,16,19-20,22H,5,7,11-14H2. The van der Waals surface area contributed by atoms with E-state index in [1.54, 1.807) is 0 Å². The molecule has 5 rings (SSSR count). The van der Waals surface area contributed by atoms with Crippen LogP contribution in [-0.4, -0.2) is 16.8 Å². The zero-order chi connectivity index (χ0) is 17.7. The Morgan fingerprint density at radius 2 is 1.69 bits per heavy atom. The minimum atomic E-state index is 0.115. The van der Waals surface area contributed by atoms with Gasteiger partial charge in [0.05, 0.1) is 6.04 Å². The number of rotatable bonds is 4. The van der Waals surface area contributed by atoms with Gasteiger partial charge in [-0.3, -0.25) is 4.79 Å². The number of hydrogen-bond donors (Lipinski definition) is 0. The molecule has 3 aliphatic rings. The first-order chi connectivity index (χ1) is 12.7. The Kier molecular flexibility index (Phi) is 4.04. The zero-order valence-corrected chi connectivity index (χ0v) is 15.7. The second kappa shape index (κ2) is 6.42. The predicted octanol–water partition coefficient (Wildman–Crippen LogP) is 5.51. The Morgan fingerprint density at radius 3 is 2.46 bits per heavy atom. The third-order valence-corrected chi connectivity index (χ3v) is 6.62. The fourth-order valence-electron chi connectivity index (χ4n) is 4.74. The summed E-state index contributed by atoms with van der Waals surface area (Å²) in [6.45, 7) is 0. The Labute approximate surface area is 160 Å². The average molecular weight is 366 g/mol. The molecule has 0 bridgehead atoms. The van der Waals surface area contributed by atoms with Crippen LogP contribution in [-0.2, 0) is 11.2 Å². The van der Waals surface area contributed by atoms with Crippen LogP contribution in [0.3, 0.4) is 0 Å². The Morgan fingerprint density at radius 1 is 0.962 bits per heavy atom. The molecule has 2 saturated carbocycles. The molecule has 2 aromatic carbocycles. The van der Waals surface area contributed by atoms with Crippen molar-refractivity contribution in [3.63, 3.8) is 0 Å². The highest BCUT2D eigenvalue weighted by Gasteiger charge is 2.50. The molecular weight excluding hydrogens is 342 g/mol. The van der Waals surface area contributed by atoms with E-state index in [0.29, 0.717) is 17.9 Å². The van der Waals surface area contributed by atoms with Crippen molar-refractivity contribution in [2.24, 2.45) is 5.92 Å². The summed E-state index contributed by atoms with van der Waals surface area (Å²) in [5.74, 6) is 0.778. The number of hydrogen-bond acceptors (Lipinski definition) is 1. The number of fused-ring (bicyclic) bond motifs is 1. The van der Waals surface area contributed by atoms with Gasteiger partial charge in [-0.2, -0.15) is 0 Å². The monoisotopic (exact) mass is 365 g/mol. The van der Waals surface area contributed by atoms with Crippen LogP contribution in [0.25, 0.3) is 0 Å². The molecule has 3 atom stereocenters. The van der Waals surface area contributed by atoms with Crippen LogP contribution in [0.5, 0.6) is 0 Å². The number of carbonyl (C=O) groups is 1. The third kappa shape index (κ3) is 2.85. The van der Waals surface area contributed by atoms with Gasteiger partial charge in [-0.15, -0.1) is 0 Å². The number of benzene rings is 2. The fraction of sp³-hybridized carbons (Fsp3) is 0.435. The summed E-state index contributed by atoms with van der Waals surface area (Å²) >= 11 is 6.37. The lowest BCUT2D eigenvalue weighted by molar-refractivity contribution is -0.136. The molecule has 0 N–H and O–H groups in total. The predicted molar refractivity (Wildman–Crippen MR) is 104 cm³/mol. The van der Waals surface area contributed by atoms with Gasteiger partial charge in [0.2, 0.25) is 5.91 Å². The van der Waals surface area contributed by atoms with Crippen molar-refractivity contribution < 1.29 is 4.79 Å². The summed E-state index contributed by atoms with van der Waals surface area (Å²) in [4.78, 5) is 15.7.